The van der Waals surface area contributed by atoms with E-state index in [1.807, 2.05) is 6.92 Å². The van der Waals surface area contributed by atoms with E-state index in [4.69, 9.17) is 5.11 Å². The quantitative estimate of drug-likeness (QED) is 0.657. The van der Waals surface area contributed by atoms with Gasteiger partial charge in [-0.3, -0.25) is 0 Å². The lowest BCUT2D eigenvalue weighted by atomic mass is 10.1. The Morgan fingerprint density at radius 1 is 1.62 bits per heavy atom. The average molecular weight is 207 g/mol. The summed E-state index contributed by atoms with van der Waals surface area (Å²) in [5.74, 6) is 0.538. The standard InChI is InChI=1S/C8H17NO3S/c1-7(5-10)9-8-3-2-4-13(11,12)6-8/h7-10H,2-6H2,1H3. The van der Waals surface area contributed by atoms with Crippen LogP contribution in [0.1, 0.15) is 19.8 Å². The normalized spacial score (nSPS) is 29.8. The van der Waals surface area contributed by atoms with Crippen molar-refractivity contribution in [2.45, 2.75) is 31.8 Å². The topological polar surface area (TPSA) is 66.4 Å². The molecule has 78 valence electrons. The third-order valence-corrected chi connectivity index (χ3v) is 4.08. The molecule has 1 heterocycles. The molecule has 0 aromatic carbocycles. The first kappa shape index (κ1) is 10.9. The Hall–Kier alpha value is -0.130. The molecule has 4 nitrogen and oxygen atoms in total. The molecule has 1 saturated heterocycles. The van der Waals surface area contributed by atoms with Gasteiger partial charge in [0.2, 0.25) is 0 Å². The Balaban J connectivity index is 2.43. The van der Waals surface area contributed by atoms with Crippen LogP contribution >= 0.6 is 0 Å². The average Bonchev–Trinajstić information content (AvgIpc) is 2.02. The fourth-order valence-corrected chi connectivity index (χ4v) is 3.26. The van der Waals surface area contributed by atoms with Crippen molar-refractivity contribution in [2.75, 3.05) is 18.1 Å². The lowest BCUT2D eigenvalue weighted by Crippen LogP contribution is -2.45. The highest BCUT2D eigenvalue weighted by molar-refractivity contribution is 7.91. The lowest BCUT2D eigenvalue weighted by Gasteiger charge is -2.25. The van der Waals surface area contributed by atoms with E-state index in [-0.39, 0.29) is 24.4 Å². The Labute approximate surface area is 79.3 Å². The Kier molecular flexibility index (Phi) is 3.70. The van der Waals surface area contributed by atoms with Gasteiger partial charge in [-0.2, -0.15) is 0 Å². The first-order chi connectivity index (χ1) is 6.03. The summed E-state index contributed by atoms with van der Waals surface area (Å²) >= 11 is 0. The molecule has 2 unspecified atom stereocenters. The maximum atomic E-state index is 11.2. The van der Waals surface area contributed by atoms with Crippen molar-refractivity contribution < 1.29 is 13.5 Å². The van der Waals surface area contributed by atoms with E-state index in [9.17, 15) is 8.42 Å². The van der Waals surface area contributed by atoms with Gasteiger partial charge in [-0.1, -0.05) is 0 Å². The van der Waals surface area contributed by atoms with E-state index in [0.29, 0.717) is 5.75 Å². The predicted molar refractivity (Wildman–Crippen MR) is 51.4 cm³/mol. The van der Waals surface area contributed by atoms with Crippen molar-refractivity contribution in [2.24, 2.45) is 0 Å². The summed E-state index contributed by atoms with van der Waals surface area (Å²) in [5.41, 5.74) is 0. The van der Waals surface area contributed by atoms with Crippen LogP contribution in [0.15, 0.2) is 0 Å². The molecule has 0 aromatic rings. The second kappa shape index (κ2) is 4.39. The van der Waals surface area contributed by atoms with Crippen LogP contribution in [0.2, 0.25) is 0 Å². The molecule has 0 aliphatic carbocycles. The predicted octanol–water partition coefficient (Wildman–Crippen LogP) is -0.466. The van der Waals surface area contributed by atoms with Crippen LogP contribution in [-0.4, -0.2) is 43.7 Å². The van der Waals surface area contributed by atoms with E-state index < -0.39 is 9.84 Å². The Morgan fingerprint density at radius 3 is 2.85 bits per heavy atom. The molecule has 0 spiro atoms. The summed E-state index contributed by atoms with van der Waals surface area (Å²) in [7, 11) is -2.83. The Morgan fingerprint density at radius 2 is 2.31 bits per heavy atom. The molecule has 0 amide bonds. The number of hydrogen-bond donors (Lipinski definition) is 2. The highest BCUT2D eigenvalue weighted by Gasteiger charge is 2.25. The fourth-order valence-electron chi connectivity index (χ4n) is 1.61. The lowest BCUT2D eigenvalue weighted by molar-refractivity contribution is 0.240. The minimum absolute atomic E-state index is 0.0155. The molecule has 0 radical (unpaired) electrons. The van der Waals surface area contributed by atoms with Crippen molar-refractivity contribution in [3.8, 4) is 0 Å². The van der Waals surface area contributed by atoms with Crippen molar-refractivity contribution in [3.05, 3.63) is 0 Å². The van der Waals surface area contributed by atoms with Crippen molar-refractivity contribution in [1.29, 1.82) is 0 Å². The number of hydrogen-bond acceptors (Lipinski definition) is 4. The molecule has 1 rings (SSSR count). The van der Waals surface area contributed by atoms with Gasteiger partial charge in [-0.25, -0.2) is 8.42 Å². The largest absolute Gasteiger partial charge is 0.395 e. The van der Waals surface area contributed by atoms with Gasteiger partial charge in [0.1, 0.15) is 0 Å². The van der Waals surface area contributed by atoms with E-state index in [2.05, 4.69) is 5.32 Å². The number of rotatable bonds is 3. The first-order valence-corrected chi connectivity index (χ1v) is 6.43. The molecule has 0 bridgehead atoms. The molecule has 2 N–H and O–H groups in total. The molecule has 5 heteroatoms. The summed E-state index contributed by atoms with van der Waals surface area (Å²) < 4.78 is 22.5. The number of sulfone groups is 1. The summed E-state index contributed by atoms with van der Waals surface area (Å²) in [5, 5.41) is 11.9. The van der Waals surface area contributed by atoms with Crippen LogP contribution in [0.25, 0.3) is 0 Å². The van der Waals surface area contributed by atoms with E-state index in [0.717, 1.165) is 12.8 Å². The molecule has 1 aliphatic heterocycles. The minimum atomic E-state index is -2.83. The van der Waals surface area contributed by atoms with Crippen LogP contribution < -0.4 is 5.32 Å². The highest BCUT2D eigenvalue weighted by atomic mass is 32.2. The summed E-state index contributed by atoms with van der Waals surface area (Å²) in [4.78, 5) is 0. The zero-order valence-electron chi connectivity index (χ0n) is 7.86. The third kappa shape index (κ3) is 3.62. The van der Waals surface area contributed by atoms with Gasteiger partial charge in [-0.15, -0.1) is 0 Å². The van der Waals surface area contributed by atoms with Gasteiger partial charge in [0, 0.05) is 12.1 Å². The Bertz CT molecular complexity index is 250. The van der Waals surface area contributed by atoms with Gasteiger partial charge < -0.3 is 10.4 Å². The molecule has 1 fully saturated rings. The zero-order chi connectivity index (χ0) is 9.90. The molecule has 2 atom stereocenters. The summed E-state index contributed by atoms with van der Waals surface area (Å²) in [6, 6.07) is 0.0131. The van der Waals surface area contributed by atoms with Gasteiger partial charge in [-0.05, 0) is 19.8 Å². The highest BCUT2D eigenvalue weighted by Crippen LogP contribution is 2.12. The van der Waals surface area contributed by atoms with Crippen LogP contribution in [0, 0.1) is 0 Å². The van der Waals surface area contributed by atoms with E-state index in [1.54, 1.807) is 0 Å². The second-order valence-electron chi connectivity index (χ2n) is 3.70. The molecule has 0 saturated carbocycles. The minimum Gasteiger partial charge on any atom is -0.395 e. The first-order valence-electron chi connectivity index (χ1n) is 4.61. The molecule has 1 aliphatic rings. The molecule has 0 aromatic heterocycles. The van der Waals surface area contributed by atoms with Crippen molar-refractivity contribution in [1.82, 2.24) is 5.32 Å². The second-order valence-corrected chi connectivity index (χ2v) is 5.93. The number of nitrogens with one attached hydrogen (secondary N) is 1. The fraction of sp³-hybridized carbons (Fsp3) is 1.00. The van der Waals surface area contributed by atoms with Crippen LogP contribution in [0.3, 0.4) is 0 Å². The van der Waals surface area contributed by atoms with E-state index in [1.165, 1.54) is 0 Å². The zero-order valence-corrected chi connectivity index (χ0v) is 8.68. The van der Waals surface area contributed by atoms with Gasteiger partial charge >= 0.3 is 0 Å². The van der Waals surface area contributed by atoms with Gasteiger partial charge in [0.25, 0.3) is 0 Å². The number of aliphatic hydroxyl groups is 1. The third-order valence-electron chi connectivity index (χ3n) is 2.26. The summed E-state index contributed by atoms with van der Waals surface area (Å²) in [6.45, 7) is 1.90. The monoisotopic (exact) mass is 207 g/mol. The van der Waals surface area contributed by atoms with Crippen molar-refractivity contribution in [3.63, 3.8) is 0 Å². The van der Waals surface area contributed by atoms with Crippen LogP contribution in [-0.2, 0) is 9.84 Å². The van der Waals surface area contributed by atoms with Crippen LogP contribution in [0.4, 0.5) is 0 Å². The number of aliphatic hydroxyl groups excluding tert-OH is 1. The smallest absolute Gasteiger partial charge is 0.151 e. The SMILES string of the molecule is CC(CO)NC1CCCS(=O)(=O)C1. The molecular weight excluding hydrogens is 190 g/mol. The maximum absolute atomic E-state index is 11.2. The van der Waals surface area contributed by atoms with Gasteiger partial charge in [0.15, 0.2) is 9.84 Å². The molecular formula is C8H17NO3S. The van der Waals surface area contributed by atoms with Crippen LogP contribution in [0.5, 0.6) is 0 Å². The van der Waals surface area contributed by atoms with Crippen molar-refractivity contribution >= 4 is 9.84 Å². The maximum Gasteiger partial charge on any atom is 0.151 e. The molecule has 13 heavy (non-hydrogen) atoms. The summed E-state index contributed by atoms with van der Waals surface area (Å²) in [6.07, 6.45) is 1.63. The van der Waals surface area contributed by atoms with Gasteiger partial charge in [0.05, 0.1) is 18.1 Å². The van der Waals surface area contributed by atoms with E-state index >= 15 is 0 Å².